The Balaban J connectivity index is 1.55. The van der Waals surface area contributed by atoms with E-state index in [9.17, 15) is 13.2 Å². The fourth-order valence-corrected chi connectivity index (χ4v) is 4.89. The van der Waals surface area contributed by atoms with Gasteiger partial charge in [0.2, 0.25) is 15.9 Å². The van der Waals surface area contributed by atoms with Crippen LogP contribution in [0.1, 0.15) is 51.0 Å². The maximum atomic E-state index is 12.8. The molecule has 0 unspecified atom stereocenters. The summed E-state index contributed by atoms with van der Waals surface area (Å²) in [6.45, 7) is 4.87. The lowest BCUT2D eigenvalue weighted by Crippen LogP contribution is -2.46. The molecule has 7 heteroatoms. The lowest BCUT2D eigenvalue weighted by Gasteiger charge is -2.34. The number of sulfonamides is 1. The van der Waals surface area contributed by atoms with E-state index in [1.165, 1.54) is 0 Å². The highest BCUT2D eigenvalue weighted by Crippen LogP contribution is 2.22. The van der Waals surface area contributed by atoms with Gasteiger partial charge in [-0.15, -0.1) is 0 Å². The average Bonchev–Trinajstić information content (AvgIpc) is 3.48. The Hall–Kier alpha value is -1.44. The third kappa shape index (κ3) is 5.77. The van der Waals surface area contributed by atoms with Crippen molar-refractivity contribution in [2.45, 2.75) is 68.8 Å². The van der Waals surface area contributed by atoms with Gasteiger partial charge in [0.25, 0.3) is 0 Å². The van der Waals surface area contributed by atoms with Crippen LogP contribution in [0.5, 0.6) is 0 Å². The summed E-state index contributed by atoms with van der Waals surface area (Å²) in [5.41, 5.74) is 0.996. The van der Waals surface area contributed by atoms with Crippen LogP contribution in [0.2, 0.25) is 0 Å². The minimum absolute atomic E-state index is 0.104. The number of rotatable bonds is 9. The Morgan fingerprint density at radius 1 is 1.15 bits per heavy atom. The summed E-state index contributed by atoms with van der Waals surface area (Å²) >= 11 is 0. The second-order valence-electron chi connectivity index (χ2n) is 7.61. The molecule has 0 aromatic heterocycles. The van der Waals surface area contributed by atoms with Crippen molar-refractivity contribution in [1.82, 2.24) is 14.9 Å². The normalized spacial score (nSPS) is 18.4. The molecule has 1 heterocycles. The van der Waals surface area contributed by atoms with E-state index >= 15 is 0 Å². The van der Waals surface area contributed by atoms with Crippen LogP contribution in [0.15, 0.2) is 29.2 Å². The van der Waals surface area contributed by atoms with Crippen molar-refractivity contribution in [3.05, 3.63) is 29.8 Å². The molecular weight excluding hydrogens is 362 g/mol. The minimum atomic E-state index is -3.41. The number of amides is 1. The molecule has 2 fully saturated rings. The molecule has 1 saturated carbocycles. The number of nitrogens with one attached hydrogen (secondary N) is 2. The van der Waals surface area contributed by atoms with Gasteiger partial charge in [-0.05, 0) is 69.3 Å². The summed E-state index contributed by atoms with van der Waals surface area (Å²) in [6, 6.07) is 7.38. The molecule has 1 aliphatic heterocycles. The van der Waals surface area contributed by atoms with Gasteiger partial charge < -0.3 is 10.2 Å². The molecule has 150 valence electrons. The Kier molecular flexibility index (Phi) is 6.89. The summed E-state index contributed by atoms with van der Waals surface area (Å²) in [5.74, 6) is 0.204. The van der Waals surface area contributed by atoms with E-state index in [1.54, 1.807) is 12.1 Å². The van der Waals surface area contributed by atoms with E-state index in [-0.39, 0.29) is 11.9 Å². The number of aryl methyl sites for hydroxylation is 1. The first kappa shape index (κ1) is 20.3. The quantitative estimate of drug-likeness (QED) is 0.673. The Bertz CT molecular complexity index is 723. The zero-order valence-corrected chi connectivity index (χ0v) is 16.9. The summed E-state index contributed by atoms with van der Waals surface area (Å²) < 4.78 is 27.1. The van der Waals surface area contributed by atoms with Crippen LogP contribution < -0.4 is 10.0 Å². The predicted octanol–water partition coefficient (Wildman–Crippen LogP) is 2.05. The third-order valence-corrected chi connectivity index (χ3v) is 6.83. The van der Waals surface area contributed by atoms with E-state index in [2.05, 4.69) is 21.9 Å². The standard InChI is InChI=1S/C20H31N3O3S/c1-2-15-23(18-11-13-21-14-12-18)20(24)10-5-16-3-8-19(9-4-16)27(25,26)22-17-6-7-17/h3-4,8-9,17-18,21-22H,2,5-7,10-15H2,1H3. The highest BCUT2D eigenvalue weighted by atomic mass is 32.2. The van der Waals surface area contributed by atoms with Gasteiger partial charge in [0.1, 0.15) is 0 Å². The largest absolute Gasteiger partial charge is 0.340 e. The van der Waals surface area contributed by atoms with Crippen molar-refractivity contribution in [3.8, 4) is 0 Å². The molecule has 1 aromatic carbocycles. The van der Waals surface area contributed by atoms with Crippen LogP contribution in [0, 0.1) is 0 Å². The van der Waals surface area contributed by atoms with E-state index in [1.807, 2.05) is 12.1 Å². The van der Waals surface area contributed by atoms with Gasteiger partial charge in [-0.3, -0.25) is 4.79 Å². The number of nitrogens with zero attached hydrogens (tertiary/aromatic N) is 1. The monoisotopic (exact) mass is 393 g/mol. The summed E-state index contributed by atoms with van der Waals surface area (Å²) in [5, 5.41) is 3.35. The van der Waals surface area contributed by atoms with Gasteiger partial charge in [-0.25, -0.2) is 13.1 Å². The van der Waals surface area contributed by atoms with Crippen molar-refractivity contribution in [2.75, 3.05) is 19.6 Å². The molecule has 2 aliphatic rings. The number of carbonyl (C=O) groups is 1. The lowest BCUT2D eigenvalue weighted by atomic mass is 10.0. The first-order valence-electron chi connectivity index (χ1n) is 10.1. The van der Waals surface area contributed by atoms with E-state index in [0.717, 1.165) is 57.3 Å². The second-order valence-corrected chi connectivity index (χ2v) is 9.32. The van der Waals surface area contributed by atoms with Crippen LogP contribution in [0.25, 0.3) is 0 Å². The van der Waals surface area contributed by atoms with E-state index in [4.69, 9.17) is 0 Å². The maximum absolute atomic E-state index is 12.8. The number of hydrogen-bond donors (Lipinski definition) is 2. The molecule has 3 rings (SSSR count). The number of carbonyl (C=O) groups excluding carboxylic acids is 1. The van der Waals surface area contributed by atoms with Gasteiger partial charge in [0.05, 0.1) is 4.90 Å². The van der Waals surface area contributed by atoms with Crippen LogP contribution in [0.3, 0.4) is 0 Å². The van der Waals surface area contributed by atoms with Crippen molar-refractivity contribution in [1.29, 1.82) is 0 Å². The SMILES string of the molecule is CCCN(C(=O)CCc1ccc(S(=O)(=O)NC2CC2)cc1)C1CCNCC1. The van der Waals surface area contributed by atoms with Crippen molar-refractivity contribution in [3.63, 3.8) is 0 Å². The summed E-state index contributed by atoms with van der Waals surface area (Å²) in [4.78, 5) is 15.1. The second kappa shape index (κ2) is 9.17. The zero-order chi connectivity index (χ0) is 19.3. The summed E-state index contributed by atoms with van der Waals surface area (Å²) in [7, 11) is -3.41. The molecule has 0 atom stereocenters. The molecular formula is C20H31N3O3S. The molecule has 1 amide bonds. The molecule has 0 spiro atoms. The third-order valence-electron chi connectivity index (χ3n) is 5.29. The smallest absolute Gasteiger partial charge is 0.240 e. The first-order chi connectivity index (χ1) is 13.0. The highest BCUT2D eigenvalue weighted by Gasteiger charge is 2.28. The molecule has 1 aliphatic carbocycles. The fraction of sp³-hybridized carbons (Fsp3) is 0.650. The number of benzene rings is 1. The predicted molar refractivity (Wildman–Crippen MR) is 106 cm³/mol. The molecule has 1 aromatic rings. The molecule has 0 radical (unpaired) electrons. The molecule has 2 N–H and O–H groups in total. The molecule has 27 heavy (non-hydrogen) atoms. The van der Waals surface area contributed by atoms with Gasteiger partial charge in [-0.2, -0.15) is 0 Å². The molecule has 1 saturated heterocycles. The van der Waals surface area contributed by atoms with Crippen molar-refractivity contribution < 1.29 is 13.2 Å². The number of piperidine rings is 1. The van der Waals surface area contributed by atoms with Gasteiger partial charge in [0, 0.05) is 25.0 Å². The summed E-state index contributed by atoms with van der Waals surface area (Å²) in [6.07, 6.45) is 5.96. The maximum Gasteiger partial charge on any atom is 0.240 e. The molecule has 6 nitrogen and oxygen atoms in total. The van der Waals surface area contributed by atoms with Gasteiger partial charge in [0.15, 0.2) is 0 Å². The van der Waals surface area contributed by atoms with Crippen LogP contribution >= 0.6 is 0 Å². The topological polar surface area (TPSA) is 78.5 Å². The Labute approximate surface area is 162 Å². The van der Waals surface area contributed by atoms with Crippen LogP contribution in [-0.2, 0) is 21.2 Å². The van der Waals surface area contributed by atoms with Crippen molar-refractivity contribution in [2.24, 2.45) is 0 Å². The van der Waals surface area contributed by atoms with E-state index < -0.39 is 10.0 Å². The fourth-order valence-electron chi connectivity index (χ4n) is 3.59. The van der Waals surface area contributed by atoms with Crippen molar-refractivity contribution >= 4 is 15.9 Å². The highest BCUT2D eigenvalue weighted by molar-refractivity contribution is 7.89. The van der Waals surface area contributed by atoms with Gasteiger partial charge >= 0.3 is 0 Å². The zero-order valence-electron chi connectivity index (χ0n) is 16.1. The lowest BCUT2D eigenvalue weighted by molar-refractivity contribution is -0.134. The van der Waals surface area contributed by atoms with E-state index in [0.29, 0.717) is 23.8 Å². The Morgan fingerprint density at radius 2 is 1.81 bits per heavy atom. The Morgan fingerprint density at radius 3 is 2.41 bits per heavy atom. The average molecular weight is 394 g/mol. The van der Waals surface area contributed by atoms with Crippen LogP contribution in [-0.4, -0.2) is 50.9 Å². The van der Waals surface area contributed by atoms with Gasteiger partial charge in [-0.1, -0.05) is 19.1 Å². The molecule has 0 bridgehead atoms. The first-order valence-corrected chi connectivity index (χ1v) is 11.6. The number of hydrogen-bond acceptors (Lipinski definition) is 4. The van der Waals surface area contributed by atoms with Crippen LogP contribution in [0.4, 0.5) is 0 Å². The minimum Gasteiger partial charge on any atom is -0.340 e.